The van der Waals surface area contributed by atoms with Crippen LogP contribution in [-0.2, 0) is 16.1 Å². The third kappa shape index (κ3) is 6.65. The number of amidine groups is 1. The highest BCUT2D eigenvalue weighted by molar-refractivity contribution is 8.15. The summed E-state index contributed by atoms with van der Waals surface area (Å²) in [5, 5.41) is 16.3. The highest BCUT2D eigenvalue weighted by Crippen LogP contribution is 2.32. The zero-order valence-corrected chi connectivity index (χ0v) is 24.1. The number of furan rings is 1. The van der Waals surface area contributed by atoms with Crippen LogP contribution in [0.3, 0.4) is 0 Å². The van der Waals surface area contributed by atoms with E-state index in [-0.39, 0.29) is 24.8 Å². The minimum absolute atomic E-state index is 0.00321. The molecule has 3 heterocycles. The Morgan fingerprint density at radius 1 is 1.00 bits per heavy atom. The second-order valence-corrected chi connectivity index (χ2v) is 11.1. The average molecular weight is 589 g/mol. The van der Waals surface area contributed by atoms with Crippen molar-refractivity contribution in [3.8, 4) is 16.9 Å². The summed E-state index contributed by atoms with van der Waals surface area (Å²) in [7, 11) is 0. The molecule has 1 aliphatic rings. The number of rotatable bonds is 9. The van der Waals surface area contributed by atoms with Gasteiger partial charge in [0.25, 0.3) is 0 Å². The second-order valence-electron chi connectivity index (χ2n) is 9.93. The van der Waals surface area contributed by atoms with E-state index in [0.717, 1.165) is 28.1 Å². The molecule has 9 nitrogen and oxygen atoms in total. The summed E-state index contributed by atoms with van der Waals surface area (Å²) in [4.78, 5) is 27.8. The van der Waals surface area contributed by atoms with Crippen LogP contribution in [0.15, 0.2) is 124 Å². The third-order valence-electron chi connectivity index (χ3n) is 6.77. The summed E-state index contributed by atoms with van der Waals surface area (Å²) in [5.74, 6) is 0.125. The van der Waals surface area contributed by atoms with Crippen molar-refractivity contribution in [2.45, 2.75) is 25.1 Å². The monoisotopic (exact) mass is 588 g/mol. The lowest BCUT2D eigenvalue weighted by Gasteiger charge is -2.14. The zero-order chi connectivity index (χ0) is 29.6. The van der Waals surface area contributed by atoms with Gasteiger partial charge >= 0.3 is 0 Å². The van der Waals surface area contributed by atoms with E-state index in [1.807, 2.05) is 98.0 Å². The number of para-hydroxylation sites is 1. The Morgan fingerprint density at radius 3 is 2.47 bits per heavy atom. The summed E-state index contributed by atoms with van der Waals surface area (Å²) in [6.45, 7) is 2.17. The number of aryl methyl sites for hydroxylation is 1. The number of amides is 2. The topological polar surface area (TPSA) is 105 Å². The molecule has 43 heavy (non-hydrogen) atoms. The van der Waals surface area contributed by atoms with E-state index >= 15 is 0 Å². The molecule has 10 heteroatoms. The quantitative estimate of drug-likeness (QED) is 0.161. The van der Waals surface area contributed by atoms with Crippen LogP contribution in [0.4, 0.5) is 5.69 Å². The number of anilines is 1. The van der Waals surface area contributed by atoms with Crippen LogP contribution in [0.1, 0.15) is 23.3 Å². The van der Waals surface area contributed by atoms with E-state index in [2.05, 4.69) is 15.5 Å². The molecule has 1 fully saturated rings. The molecule has 1 aliphatic heterocycles. The van der Waals surface area contributed by atoms with E-state index in [1.54, 1.807) is 29.3 Å². The largest absolute Gasteiger partial charge is 0.467 e. The molecule has 0 radical (unpaired) electrons. The van der Waals surface area contributed by atoms with Crippen LogP contribution < -0.4 is 5.32 Å². The van der Waals surface area contributed by atoms with Gasteiger partial charge in [0.05, 0.1) is 24.7 Å². The molecule has 6 rings (SSSR count). The maximum atomic E-state index is 13.4. The first-order chi connectivity index (χ1) is 21.0. The number of carbonyl (C=O) groups is 2. The van der Waals surface area contributed by atoms with Gasteiger partial charge in [-0.15, -0.1) is 5.10 Å². The lowest BCUT2D eigenvalue weighted by atomic mass is 10.1. The van der Waals surface area contributed by atoms with Crippen LogP contribution in [0.5, 0.6) is 0 Å². The van der Waals surface area contributed by atoms with Crippen LogP contribution in [0.2, 0.25) is 0 Å². The molecular weight excluding hydrogens is 560 g/mol. The Labute approximate surface area is 252 Å². The van der Waals surface area contributed by atoms with Gasteiger partial charge in [-0.25, -0.2) is 4.68 Å². The lowest BCUT2D eigenvalue weighted by Crippen LogP contribution is -2.33. The molecular formula is C33H28N6O3S. The van der Waals surface area contributed by atoms with Gasteiger partial charge in [-0.2, -0.15) is 10.2 Å². The number of nitrogens with one attached hydrogen (secondary N) is 1. The third-order valence-corrected chi connectivity index (χ3v) is 7.94. The number of hydrogen-bond donors (Lipinski definition) is 1. The molecule has 3 aromatic carbocycles. The predicted molar refractivity (Wildman–Crippen MR) is 169 cm³/mol. The van der Waals surface area contributed by atoms with Crippen molar-refractivity contribution in [2.24, 2.45) is 10.2 Å². The molecule has 214 valence electrons. The van der Waals surface area contributed by atoms with Gasteiger partial charge in [0.15, 0.2) is 5.17 Å². The van der Waals surface area contributed by atoms with Crippen molar-refractivity contribution in [3.05, 3.63) is 126 Å². The fraction of sp³-hybridized carbons (Fsp3) is 0.121. The van der Waals surface area contributed by atoms with Crippen molar-refractivity contribution in [2.75, 3.05) is 5.32 Å². The van der Waals surface area contributed by atoms with Crippen molar-refractivity contribution in [1.29, 1.82) is 0 Å². The summed E-state index contributed by atoms with van der Waals surface area (Å²) in [6.07, 6.45) is 5.08. The fourth-order valence-corrected chi connectivity index (χ4v) is 5.69. The van der Waals surface area contributed by atoms with E-state index in [9.17, 15) is 9.59 Å². The molecule has 1 N–H and O–H groups in total. The summed E-state index contributed by atoms with van der Waals surface area (Å²) >= 11 is 1.22. The second kappa shape index (κ2) is 12.7. The Morgan fingerprint density at radius 2 is 1.74 bits per heavy atom. The Bertz CT molecular complexity index is 1760. The molecule has 0 saturated carbocycles. The molecule has 5 aromatic rings. The van der Waals surface area contributed by atoms with Gasteiger partial charge in [0, 0.05) is 29.4 Å². The van der Waals surface area contributed by atoms with E-state index < -0.39 is 5.25 Å². The molecule has 0 bridgehead atoms. The molecule has 0 aliphatic carbocycles. The minimum atomic E-state index is -0.643. The van der Waals surface area contributed by atoms with Gasteiger partial charge in [0.1, 0.15) is 16.7 Å². The van der Waals surface area contributed by atoms with Crippen molar-refractivity contribution in [3.63, 3.8) is 0 Å². The van der Waals surface area contributed by atoms with Crippen LogP contribution >= 0.6 is 11.8 Å². The predicted octanol–water partition coefficient (Wildman–Crippen LogP) is 6.30. The molecule has 2 amide bonds. The van der Waals surface area contributed by atoms with E-state index in [0.29, 0.717) is 16.6 Å². The van der Waals surface area contributed by atoms with E-state index in [1.165, 1.54) is 16.7 Å². The van der Waals surface area contributed by atoms with Crippen LogP contribution in [0, 0.1) is 6.92 Å². The number of aromatic nitrogens is 2. The number of carbonyl (C=O) groups excluding carboxylic acids is 2. The molecule has 0 spiro atoms. The van der Waals surface area contributed by atoms with Gasteiger partial charge in [-0.1, -0.05) is 78.0 Å². The Kier molecular flexibility index (Phi) is 8.28. The first-order valence-electron chi connectivity index (χ1n) is 13.7. The van der Waals surface area contributed by atoms with Crippen molar-refractivity contribution >= 4 is 40.6 Å². The average Bonchev–Trinajstić information content (AvgIpc) is 3.77. The lowest BCUT2D eigenvalue weighted by molar-refractivity contribution is -0.128. The Balaban J connectivity index is 1.25. The van der Waals surface area contributed by atoms with Gasteiger partial charge in [-0.3, -0.25) is 14.5 Å². The van der Waals surface area contributed by atoms with Gasteiger partial charge in [0.2, 0.25) is 11.8 Å². The zero-order valence-electron chi connectivity index (χ0n) is 23.3. The first kappa shape index (κ1) is 27.9. The first-order valence-corrected chi connectivity index (χ1v) is 14.6. The smallest absolute Gasteiger partial charge is 0.243 e. The summed E-state index contributed by atoms with van der Waals surface area (Å²) in [6, 6.07) is 30.8. The molecule has 1 unspecified atom stereocenters. The maximum Gasteiger partial charge on any atom is 0.243 e. The highest BCUT2D eigenvalue weighted by atomic mass is 32.2. The number of hydrogen-bond acceptors (Lipinski definition) is 7. The van der Waals surface area contributed by atoms with Crippen LogP contribution in [-0.4, -0.2) is 43.1 Å². The maximum absolute atomic E-state index is 13.4. The minimum Gasteiger partial charge on any atom is -0.467 e. The normalized spacial score (nSPS) is 15.9. The SMILES string of the molecule is Cc1ccc(NC(=O)CC2S/C(=N\N=C\c3cn(-c4ccccc4)nc3-c3ccccc3)N(Cc3ccco3)C2=O)cc1. The van der Waals surface area contributed by atoms with Gasteiger partial charge in [-0.05, 0) is 43.3 Å². The van der Waals surface area contributed by atoms with Crippen molar-refractivity contribution in [1.82, 2.24) is 14.7 Å². The van der Waals surface area contributed by atoms with Gasteiger partial charge < -0.3 is 9.73 Å². The standard InChI is InChI=1S/C33H28N6O3S/c1-23-14-16-26(17-15-23)35-30(40)19-29-32(41)38(22-28-13-8-18-42-28)33(43-29)36-34-20-25-21-39(27-11-6-3-7-12-27)37-31(25)24-9-4-2-5-10-24/h2-18,20-21,29H,19,22H2,1H3,(H,35,40)/b34-20+,36-33-. The van der Waals surface area contributed by atoms with Crippen molar-refractivity contribution < 1.29 is 14.0 Å². The summed E-state index contributed by atoms with van der Waals surface area (Å²) in [5.41, 5.74) is 5.15. The summed E-state index contributed by atoms with van der Waals surface area (Å²) < 4.78 is 7.30. The molecule has 2 aromatic heterocycles. The number of thioether (sulfide) groups is 1. The highest BCUT2D eigenvalue weighted by Gasteiger charge is 2.39. The molecule has 1 atom stereocenters. The number of benzene rings is 3. The van der Waals surface area contributed by atoms with E-state index in [4.69, 9.17) is 9.52 Å². The fourth-order valence-electron chi connectivity index (χ4n) is 4.59. The molecule has 1 saturated heterocycles. The Hall–Kier alpha value is -5.22. The van der Waals surface area contributed by atoms with Crippen LogP contribution in [0.25, 0.3) is 16.9 Å². The number of nitrogens with zero attached hydrogens (tertiary/aromatic N) is 5.